The molecule has 3 aromatic rings. The maximum atomic E-state index is 12.7. The van der Waals surface area contributed by atoms with Crippen LogP contribution in [0, 0.1) is 0 Å². The summed E-state index contributed by atoms with van der Waals surface area (Å²) in [6, 6.07) is 12.7. The molecular formula is C21H20N2O4S. The Morgan fingerprint density at radius 3 is 2.75 bits per heavy atom. The van der Waals surface area contributed by atoms with Gasteiger partial charge in [-0.25, -0.2) is 4.79 Å². The summed E-state index contributed by atoms with van der Waals surface area (Å²) in [6.45, 7) is 3.26. The van der Waals surface area contributed by atoms with Crippen LogP contribution in [0.1, 0.15) is 33.2 Å². The third-order valence-electron chi connectivity index (χ3n) is 4.53. The van der Waals surface area contributed by atoms with E-state index in [0.717, 1.165) is 21.4 Å². The topological polar surface area (TPSA) is 67.9 Å². The van der Waals surface area contributed by atoms with Gasteiger partial charge in [-0.3, -0.25) is 9.69 Å². The predicted molar refractivity (Wildman–Crippen MR) is 109 cm³/mol. The average Bonchev–Trinajstić information content (AvgIpc) is 3.07. The Morgan fingerprint density at radius 2 is 2.00 bits per heavy atom. The van der Waals surface area contributed by atoms with Gasteiger partial charge >= 0.3 is 5.97 Å². The van der Waals surface area contributed by atoms with E-state index in [4.69, 9.17) is 9.47 Å². The van der Waals surface area contributed by atoms with Crippen LogP contribution < -0.4 is 10.1 Å². The molecule has 4 rings (SSSR count). The molecule has 6 nitrogen and oxygen atoms in total. The Hall–Kier alpha value is -2.90. The molecule has 2 aromatic carbocycles. The zero-order valence-corrected chi connectivity index (χ0v) is 16.5. The highest BCUT2D eigenvalue weighted by molar-refractivity contribution is 7.23. The number of benzene rings is 2. The first-order valence-electron chi connectivity index (χ1n) is 9.01. The van der Waals surface area contributed by atoms with Crippen LogP contribution in [-0.4, -0.2) is 37.2 Å². The largest absolute Gasteiger partial charge is 0.478 e. The number of fused-ring (bicyclic) bond motifs is 3. The molecule has 0 aliphatic carbocycles. The fraction of sp³-hybridized carbons (Fsp3) is 0.238. The molecule has 0 saturated heterocycles. The minimum Gasteiger partial charge on any atom is -0.478 e. The van der Waals surface area contributed by atoms with Gasteiger partial charge in [0.1, 0.15) is 23.0 Å². The Morgan fingerprint density at radius 1 is 1.21 bits per heavy atom. The predicted octanol–water partition coefficient (Wildman–Crippen LogP) is 4.11. The van der Waals surface area contributed by atoms with E-state index in [2.05, 4.69) is 5.32 Å². The second kappa shape index (κ2) is 7.61. The van der Waals surface area contributed by atoms with Gasteiger partial charge in [0.15, 0.2) is 0 Å². The molecule has 1 N–H and O–H groups in total. The van der Waals surface area contributed by atoms with Crippen LogP contribution in [0.5, 0.6) is 5.75 Å². The molecule has 0 saturated carbocycles. The monoisotopic (exact) mass is 396 g/mol. The molecule has 144 valence electrons. The summed E-state index contributed by atoms with van der Waals surface area (Å²) in [6.07, 6.45) is 0. The van der Waals surface area contributed by atoms with Gasteiger partial charge in [0.25, 0.3) is 5.91 Å². The van der Waals surface area contributed by atoms with Gasteiger partial charge in [0.2, 0.25) is 0 Å². The molecule has 1 aliphatic heterocycles. The third kappa shape index (κ3) is 3.34. The smallest absolute Gasteiger partial charge is 0.341 e. The summed E-state index contributed by atoms with van der Waals surface area (Å²) in [4.78, 5) is 27.4. The molecule has 2 heterocycles. The summed E-state index contributed by atoms with van der Waals surface area (Å²) in [5, 5.41) is 4.16. The number of hydrogen-bond donors (Lipinski definition) is 1. The summed E-state index contributed by atoms with van der Waals surface area (Å²) >= 11 is 1.38. The minimum absolute atomic E-state index is 0.263. The number of carbonyl (C=O) groups is 2. The van der Waals surface area contributed by atoms with Crippen LogP contribution in [-0.2, 0) is 11.3 Å². The highest BCUT2D eigenvalue weighted by atomic mass is 32.1. The van der Waals surface area contributed by atoms with E-state index in [9.17, 15) is 9.59 Å². The molecule has 0 spiro atoms. The van der Waals surface area contributed by atoms with Crippen molar-refractivity contribution in [3.63, 3.8) is 0 Å². The Bertz CT molecular complexity index is 1050. The normalized spacial score (nSPS) is 13.6. The Balaban J connectivity index is 1.82. The first-order valence-corrected chi connectivity index (χ1v) is 9.83. The van der Waals surface area contributed by atoms with Gasteiger partial charge in [-0.2, -0.15) is 0 Å². The molecule has 1 aliphatic rings. The summed E-state index contributed by atoms with van der Waals surface area (Å²) < 4.78 is 12.0. The van der Waals surface area contributed by atoms with Gasteiger partial charge in [0, 0.05) is 27.8 Å². The van der Waals surface area contributed by atoms with Crippen molar-refractivity contribution in [3.8, 4) is 5.75 Å². The van der Waals surface area contributed by atoms with Crippen LogP contribution >= 0.6 is 11.3 Å². The first kappa shape index (κ1) is 18.5. The fourth-order valence-corrected chi connectivity index (χ4v) is 4.45. The average molecular weight is 396 g/mol. The van der Waals surface area contributed by atoms with E-state index < -0.39 is 5.97 Å². The number of amides is 1. The molecule has 28 heavy (non-hydrogen) atoms. The van der Waals surface area contributed by atoms with E-state index >= 15 is 0 Å². The van der Waals surface area contributed by atoms with E-state index in [-0.39, 0.29) is 12.5 Å². The Labute approximate surface area is 166 Å². The van der Waals surface area contributed by atoms with Crippen molar-refractivity contribution in [1.29, 1.82) is 0 Å². The zero-order valence-electron chi connectivity index (χ0n) is 15.7. The number of carbonyl (C=O) groups excluding carboxylic acids is 2. The van der Waals surface area contributed by atoms with Crippen molar-refractivity contribution < 1.29 is 19.1 Å². The number of nitrogens with one attached hydrogen (secondary N) is 1. The van der Waals surface area contributed by atoms with Gasteiger partial charge in [-0.05, 0) is 38.2 Å². The van der Waals surface area contributed by atoms with Crippen LogP contribution in [0.25, 0.3) is 10.1 Å². The number of esters is 1. The molecule has 0 radical (unpaired) electrons. The lowest BCUT2D eigenvalue weighted by atomic mass is 10.1. The van der Waals surface area contributed by atoms with Crippen molar-refractivity contribution in [3.05, 3.63) is 59.2 Å². The lowest BCUT2D eigenvalue weighted by molar-refractivity contribution is 0.0530. The summed E-state index contributed by atoms with van der Waals surface area (Å²) in [5.74, 6) is 0.102. The number of hydrogen-bond acceptors (Lipinski definition) is 6. The molecular weight excluding hydrogens is 376 g/mol. The number of anilines is 1. The van der Waals surface area contributed by atoms with Crippen molar-refractivity contribution in [2.24, 2.45) is 0 Å². The van der Waals surface area contributed by atoms with E-state index in [1.807, 2.05) is 30.1 Å². The maximum absolute atomic E-state index is 12.7. The standard InChI is InChI=1S/C21H20N2O4S/c1-3-26-21(25)17-14-9-10-16-15(11-23(2)12-27-16)18(14)28-20(17)22-19(24)13-7-5-4-6-8-13/h4-10H,3,11-12H2,1-2H3,(H,22,24). The third-order valence-corrected chi connectivity index (χ3v) is 5.71. The van der Waals surface area contributed by atoms with Crippen LogP contribution in [0.3, 0.4) is 0 Å². The maximum Gasteiger partial charge on any atom is 0.341 e. The molecule has 1 amide bonds. The van der Waals surface area contributed by atoms with Crippen molar-refractivity contribution in [2.45, 2.75) is 13.5 Å². The number of rotatable bonds is 4. The lowest BCUT2D eigenvalue weighted by Crippen LogP contribution is -2.28. The number of thiophene rings is 1. The lowest BCUT2D eigenvalue weighted by Gasteiger charge is -2.25. The van der Waals surface area contributed by atoms with Crippen LogP contribution in [0.4, 0.5) is 5.00 Å². The molecule has 0 fully saturated rings. The minimum atomic E-state index is -0.442. The van der Waals surface area contributed by atoms with Crippen molar-refractivity contribution in [1.82, 2.24) is 4.90 Å². The molecule has 0 unspecified atom stereocenters. The van der Waals surface area contributed by atoms with E-state index in [1.54, 1.807) is 31.2 Å². The molecule has 1 aromatic heterocycles. The van der Waals surface area contributed by atoms with Gasteiger partial charge < -0.3 is 14.8 Å². The van der Waals surface area contributed by atoms with E-state index in [0.29, 0.717) is 29.4 Å². The summed E-state index contributed by atoms with van der Waals surface area (Å²) in [7, 11) is 1.97. The second-order valence-corrected chi connectivity index (χ2v) is 7.57. The van der Waals surface area contributed by atoms with Crippen LogP contribution in [0.2, 0.25) is 0 Å². The fourth-order valence-electron chi connectivity index (χ4n) is 3.24. The molecule has 0 atom stereocenters. The Kier molecular flexibility index (Phi) is 5.02. The van der Waals surface area contributed by atoms with Gasteiger partial charge in [-0.15, -0.1) is 11.3 Å². The quantitative estimate of drug-likeness (QED) is 0.672. The van der Waals surface area contributed by atoms with Crippen LogP contribution in [0.15, 0.2) is 42.5 Å². The van der Waals surface area contributed by atoms with Crippen molar-refractivity contribution in [2.75, 3.05) is 25.7 Å². The molecule has 7 heteroatoms. The van der Waals surface area contributed by atoms with Gasteiger partial charge in [-0.1, -0.05) is 18.2 Å². The summed E-state index contributed by atoms with van der Waals surface area (Å²) in [5.41, 5.74) is 1.93. The molecule has 0 bridgehead atoms. The second-order valence-electron chi connectivity index (χ2n) is 6.55. The highest BCUT2D eigenvalue weighted by Gasteiger charge is 2.26. The highest BCUT2D eigenvalue weighted by Crippen LogP contribution is 2.42. The van der Waals surface area contributed by atoms with Crippen molar-refractivity contribution >= 4 is 38.3 Å². The number of nitrogens with zero attached hydrogens (tertiary/aromatic N) is 1. The SMILES string of the molecule is CCOC(=O)c1c(NC(=O)c2ccccc2)sc2c3c(ccc12)OCN(C)C3. The first-order chi connectivity index (χ1) is 13.6. The van der Waals surface area contributed by atoms with E-state index in [1.165, 1.54) is 11.3 Å². The van der Waals surface area contributed by atoms with Gasteiger partial charge in [0.05, 0.1) is 6.61 Å². The zero-order chi connectivity index (χ0) is 19.7. The number of ether oxygens (including phenoxy) is 2.